The third kappa shape index (κ3) is 2.06. The van der Waals surface area contributed by atoms with E-state index in [-0.39, 0.29) is 5.97 Å². The van der Waals surface area contributed by atoms with Crippen LogP contribution in [0.5, 0.6) is 0 Å². The summed E-state index contributed by atoms with van der Waals surface area (Å²) in [6.45, 7) is 2.14. The molecule has 0 saturated carbocycles. The van der Waals surface area contributed by atoms with Crippen LogP contribution in [0.3, 0.4) is 0 Å². The van der Waals surface area contributed by atoms with Crippen LogP contribution in [0.4, 0.5) is 0 Å². The molecule has 0 fully saturated rings. The molecule has 4 heteroatoms. The lowest BCUT2D eigenvalue weighted by Crippen LogP contribution is -2.03. The molecule has 3 rings (SSSR count). The summed E-state index contributed by atoms with van der Waals surface area (Å²) in [7, 11) is 0. The largest absolute Gasteiger partial charge is 0.462 e. The fourth-order valence-corrected chi connectivity index (χ4v) is 2.26. The van der Waals surface area contributed by atoms with Crippen molar-refractivity contribution >= 4 is 39.5 Å². The van der Waals surface area contributed by atoms with Crippen LogP contribution in [-0.4, -0.2) is 12.6 Å². The van der Waals surface area contributed by atoms with Gasteiger partial charge in [0, 0.05) is 15.8 Å². The quantitative estimate of drug-likeness (QED) is 0.650. The summed E-state index contributed by atoms with van der Waals surface area (Å²) >= 11 is 5.99. The van der Waals surface area contributed by atoms with E-state index in [0.29, 0.717) is 17.2 Å². The first kappa shape index (κ1) is 12.1. The maximum absolute atomic E-state index is 11.7. The molecule has 3 aromatic rings. The van der Waals surface area contributed by atoms with E-state index in [1.165, 1.54) is 0 Å². The van der Waals surface area contributed by atoms with Gasteiger partial charge >= 0.3 is 5.97 Å². The van der Waals surface area contributed by atoms with Crippen molar-refractivity contribution in [3.63, 3.8) is 0 Å². The number of furan rings is 1. The van der Waals surface area contributed by atoms with Gasteiger partial charge in [-0.2, -0.15) is 0 Å². The maximum atomic E-state index is 11.7. The molecule has 0 atom stereocenters. The van der Waals surface area contributed by atoms with E-state index in [0.717, 1.165) is 21.9 Å². The van der Waals surface area contributed by atoms with E-state index in [1.54, 1.807) is 31.2 Å². The van der Waals surface area contributed by atoms with Gasteiger partial charge in [0.2, 0.25) is 0 Å². The molecule has 0 bridgehead atoms. The summed E-state index contributed by atoms with van der Waals surface area (Å²) < 4.78 is 10.7. The summed E-state index contributed by atoms with van der Waals surface area (Å²) in [6.07, 6.45) is 0. The number of carbonyl (C=O) groups is 1. The number of hydrogen-bond acceptors (Lipinski definition) is 3. The van der Waals surface area contributed by atoms with Crippen LogP contribution < -0.4 is 0 Å². The average Bonchev–Trinajstić information content (AvgIpc) is 2.76. The van der Waals surface area contributed by atoms with Crippen LogP contribution in [0.15, 0.2) is 40.8 Å². The smallest absolute Gasteiger partial charge is 0.338 e. The molecule has 2 aromatic carbocycles. The predicted molar refractivity (Wildman–Crippen MR) is 74.7 cm³/mol. The lowest BCUT2D eigenvalue weighted by molar-refractivity contribution is 0.0526. The Kier molecular flexibility index (Phi) is 2.91. The van der Waals surface area contributed by atoms with E-state index < -0.39 is 0 Å². The van der Waals surface area contributed by atoms with Gasteiger partial charge in [-0.3, -0.25) is 0 Å². The van der Waals surface area contributed by atoms with Crippen molar-refractivity contribution in [3.05, 3.63) is 47.0 Å². The Hall–Kier alpha value is -2.00. The van der Waals surface area contributed by atoms with Gasteiger partial charge in [0.15, 0.2) is 0 Å². The monoisotopic (exact) mass is 274 g/mol. The Labute approximate surface area is 114 Å². The van der Waals surface area contributed by atoms with Crippen LogP contribution in [0.2, 0.25) is 5.02 Å². The Morgan fingerprint density at radius 3 is 2.58 bits per heavy atom. The number of fused-ring (bicyclic) bond motifs is 3. The molecule has 1 aromatic heterocycles. The third-order valence-corrected chi connectivity index (χ3v) is 3.18. The van der Waals surface area contributed by atoms with Crippen LogP contribution in [0.1, 0.15) is 17.3 Å². The fraction of sp³-hybridized carbons (Fsp3) is 0.133. The SMILES string of the molecule is CCOC(=O)c1ccc2oc3ccc(Cl)cc3c2c1. The summed E-state index contributed by atoms with van der Waals surface area (Å²) in [5, 5.41) is 2.40. The standard InChI is InChI=1S/C15H11ClO3/c1-2-18-15(17)9-3-5-13-11(7-9)12-8-10(16)4-6-14(12)19-13/h3-8H,2H2,1H3. The highest BCUT2D eigenvalue weighted by atomic mass is 35.5. The van der Waals surface area contributed by atoms with Crippen molar-refractivity contribution in [1.82, 2.24) is 0 Å². The second-order valence-electron chi connectivity index (χ2n) is 4.17. The van der Waals surface area contributed by atoms with Crippen LogP contribution in [-0.2, 0) is 4.74 Å². The number of ether oxygens (including phenoxy) is 1. The number of carbonyl (C=O) groups excluding carboxylic acids is 1. The number of rotatable bonds is 2. The zero-order valence-electron chi connectivity index (χ0n) is 10.3. The summed E-state index contributed by atoms with van der Waals surface area (Å²) in [4.78, 5) is 11.7. The first-order chi connectivity index (χ1) is 9.19. The molecule has 0 aliphatic rings. The first-order valence-corrected chi connectivity index (χ1v) is 6.36. The van der Waals surface area contributed by atoms with Crippen LogP contribution in [0, 0.1) is 0 Å². The normalized spacial score (nSPS) is 11.1. The van der Waals surface area contributed by atoms with E-state index in [4.69, 9.17) is 20.8 Å². The molecule has 0 radical (unpaired) electrons. The maximum Gasteiger partial charge on any atom is 0.338 e. The predicted octanol–water partition coefficient (Wildman–Crippen LogP) is 4.42. The zero-order valence-corrected chi connectivity index (χ0v) is 11.0. The third-order valence-electron chi connectivity index (χ3n) is 2.94. The molecule has 0 spiro atoms. The van der Waals surface area contributed by atoms with Crippen LogP contribution >= 0.6 is 11.6 Å². The molecular weight excluding hydrogens is 264 g/mol. The molecule has 3 nitrogen and oxygen atoms in total. The van der Waals surface area contributed by atoms with E-state index >= 15 is 0 Å². The zero-order chi connectivity index (χ0) is 13.4. The Morgan fingerprint density at radius 2 is 1.84 bits per heavy atom. The second kappa shape index (κ2) is 4.59. The molecule has 19 heavy (non-hydrogen) atoms. The molecule has 96 valence electrons. The minimum absolute atomic E-state index is 0.333. The Balaban J connectivity index is 2.23. The highest BCUT2D eigenvalue weighted by molar-refractivity contribution is 6.31. The van der Waals surface area contributed by atoms with E-state index in [1.807, 2.05) is 12.1 Å². The first-order valence-electron chi connectivity index (χ1n) is 5.98. The molecule has 0 saturated heterocycles. The molecule has 0 aliphatic carbocycles. The van der Waals surface area contributed by atoms with E-state index in [2.05, 4.69) is 0 Å². The fourth-order valence-electron chi connectivity index (χ4n) is 2.09. The van der Waals surface area contributed by atoms with Crippen molar-refractivity contribution in [3.8, 4) is 0 Å². The Bertz CT molecular complexity index is 774. The van der Waals surface area contributed by atoms with Crippen LogP contribution in [0.25, 0.3) is 21.9 Å². The van der Waals surface area contributed by atoms with Crippen molar-refractivity contribution in [2.24, 2.45) is 0 Å². The molecular formula is C15H11ClO3. The molecule has 0 N–H and O–H groups in total. The average molecular weight is 275 g/mol. The topological polar surface area (TPSA) is 39.4 Å². The lowest BCUT2D eigenvalue weighted by Gasteiger charge is -2.01. The molecule has 0 aliphatic heterocycles. The molecule has 1 heterocycles. The van der Waals surface area contributed by atoms with Crippen molar-refractivity contribution in [1.29, 1.82) is 0 Å². The van der Waals surface area contributed by atoms with Gasteiger partial charge in [0.25, 0.3) is 0 Å². The van der Waals surface area contributed by atoms with Crippen molar-refractivity contribution < 1.29 is 13.9 Å². The molecule has 0 amide bonds. The minimum Gasteiger partial charge on any atom is -0.462 e. The van der Waals surface area contributed by atoms with E-state index in [9.17, 15) is 4.79 Å². The van der Waals surface area contributed by atoms with Gasteiger partial charge < -0.3 is 9.15 Å². The van der Waals surface area contributed by atoms with Gasteiger partial charge in [0.1, 0.15) is 11.2 Å². The van der Waals surface area contributed by atoms with Gasteiger partial charge in [-0.15, -0.1) is 0 Å². The number of hydrogen-bond donors (Lipinski definition) is 0. The second-order valence-corrected chi connectivity index (χ2v) is 4.61. The van der Waals surface area contributed by atoms with Gasteiger partial charge in [-0.1, -0.05) is 11.6 Å². The summed E-state index contributed by atoms with van der Waals surface area (Å²) in [5.74, 6) is -0.333. The lowest BCUT2D eigenvalue weighted by atomic mass is 10.1. The highest BCUT2D eigenvalue weighted by Gasteiger charge is 2.12. The van der Waals surface area contributed by atoms with Gasteiger partial charge in [-0.05, 0) is 43.3 Å². The highest BCUT2D eigenvalue weighted by Crippen LogP contribution is 2.31. The summed E-state index contributed by atoms with van der Waals surface area (Å²) in [6, 6.07) is 10.7. The molecule has 0 unspecified atom stereocenters. The van der Waals surface area contributed by atoms with Gasteiger partial charge in [0.05, 0.1) is 12.2 Å². The van der Waals surface area contributed by atoms with Crippen molar-refractivity contribution in [2.45, 2.75) is 6.92 Å². The minimum atomic E-state index is -0.333. The number of benzene rings is 2. The van der Waals surface area contributed by atoms with Gasteiger partial charge in [-0.25, -0.2) is 4.79 Å². The Morgan fingerprint density at radius 1 is 1.16 bits per heavy atom. The number of halogens is 1. The van der Waals surface area contributed by atoms with Crippen molar-refractivity contribution in [2.75, 3.05) is 6.61 Å². The summed E-state index contributed by atoms with van der Waals surface area (Å²) in [5.41, 5.74) is 1.99. The number of esters is 1.